The van der Waals surface area contributed by atoms with Crippen LogP contribution in [0.2, 0.25) is 0 Å². The molecule has 0 aliphatic rings. The molecule has 0 spiro atoms. The topological polar surface area (TPSA) is 43.7 Å². The Kier molecular flexibility index (Phi) is 32.5. The molecule has 0 heterocycles. The van der Waals surface area contributed by atoms with E-state index in [1.54, 1.807) is 0 Å². The van der Waals surface area contributed by atoms with Crippen molar-refractivity contribution in [3.05, 3.63) is 0 Å². The van der Waals surface area contributed by atoms with Crippen LogP contribution in [0, 0.1) is 0 Å². The molecule has 9 heteroatoms. The Morgan fingerprint density at radius 2 is 1.02 bits per heavy atom. The van der Waals surface area contributed by atoms with Crippen LogP contribution >= 0.6 is 0 Å². The minimum absolute atomic E-state index is 0. The fourth-order valence-corrected chi connectivity index (χ4v) is 2.02. The maximum absolute atomic E-state index is 5.92. The summed E-state index contributed by atoms with van der Waals surface area (Å²) in [5.74, 6) is 0. The van der Waals surface area contributed by atoms with Gasteiger partial charge in [-0.15, -0.1) is 0 Å². The van der Waals surface area contributed by atoms with Crippen LogP contribution in [-0.4, -0.2) is 137 Å². The third-order valence-electron chi connectivity index (χ3n) is 6.70. The van der Waals surface area contributed by atoms with Gasteiger partial charge in [0.1, 0.15) is 26.5 Å². The first-order valence-corrected chi connectivity index (χ1v) is 14.7. The van der Waals surface area contributed by atoms with Crippen molar-refractivity contribution in [2.24, 2.45) is 0 Å². The summed E-state index contributed by atoms with van der Waals surface area (Å²) in [6, 6.07) is 0. The smallest absolute Gasteiger partial charge is 0.218 e. The van der Waals surface area contributed by atoms with Crippen LogP contribution in [0.4, 0.5) is 0 Å². The van der Waals surface area contributed by atoms with Crippen molar-refractivity contribution < 1.29 is 31.2 Å². The molecule has 0 saturated carbocycles. The molecule has 0 bridgehead atoms. The third kappa shape index (κ3) is 32.2. The lowest BCUT2D eigenvalue weighted by Crippen LogP contribution is -3.00. The van der Waals surface area contributed by atoms with Crippen molar-refractivity contribution >= 4 is 6.21 Å². The van der Waals surface area contributed by atoms with Gasteiger partial charge >= 0.3 is 0 Å². The lowest BCUT2D eigenvalue weighted by molar-refractivity contribution is -0.459. The maximum atomic E-state index is 5.92. The zero-order valence-electron chi connectivity index (χ0n) is 30.8. The van der Waals surface area contributed by atoms with Crippen LogP contribution in [-0.2, 0) is 14.2 Å². The Labute approximate surface area is 258 Å². The standard InChI is InChI=1S/C12H27NO2.C9H21NO.C6H16N2.C4H10N.ClH/c1-8-10(3)14-11(13(6)7)15-12(4,5)9-2;1-7-9(3,4)11-8(2)10(5)6;1-6(7(2)3)8(4)5;1-4-5(2)3;/h10-11H,8-9H2,1-7H3;8H,7H2,1-6H3;6H,1-5H3;4H,1-3H3;1H/q;;;+1;/p-1. The molecule has 0 aromatic rings. The van der Waals surface area contributed by atoms with E-state index in [9.17, 15) is 0 Å². The van der Waals surface area contributed by atoms with Crippen molar-refractivity contribution in [2.75, 3.05) is 70.5 Å². The molecule has 0 rings (SSSR count). The molecule has 8 nitrogen and oxygen atoms in total. The fourth-order valence-electron chi connectivity index (χ4n) is 2.02. The minimum Gasteiger partial charge on any atom is -1.00 e. The summed E-state index contributed by atoms with van der Waals surface area (Å²) in [5.41, 5.74) is -0.133. The first kappa shape index (κ1) is 49.4. The molecule has 3 unspecified atom stereocenters. The van der Waals surface area contributed by atoms with E-state index in [-0.39, 0.29) is 42.4 Å². The largest absolute Gasteiger partial charge is 1.00 e. The van der Waals surface area contributed by atoms with Crippen LogP contribution in [0.15, 0.2) is 0 Å². The van der Waals surface area contributed by atoms with E-state index in [0.717, 1.165) is 19.3 Å². The van der Waals surface area contributed by atoms with Gasteiger partial charge in [0.15, 0.2) is 0 Å². The molecule has 3 atom stereocenters. The first-order chi connectivity index (χ1) is 17.5. The van der Waals surface area contributed by atoms with E-state index < -0.39 is 0 Å². The number of halogens is 1. The summed E-state index contributed by atoms with van der Waals surface area (Å²) in [4.78, 5) is 8.36. The molecule has 0 aliphatic heterocycles. The summed E-state index contributed by atoms with van der Waals surface area (Å²) in [6.45, 7) is 23.1. The van der Waals surface area contributed by atoms with E-state index in [0.29, 0.717) is 6.17 Å². The molecule has 0 radical (unpaired) electrons. The molecule has 248 valence electrons. The predicted molar refractivity (Wildman–Crippen MR) is 173 cm³/mol. The highest BCUT2D eigenvalue weighted by atomic mass is 35.5. The van der Waals surface area contributed by atoms with E-state index in [1.807, 2.05) is 64.9 Å². The Balaban J connectivity index is -0.000000144. The van der Waals surface area contributed by atoms with Crippen molar-refractivity contribution in [2.45, 2.75) is 132 Å². The molecule has 0 amide bonds. The van der Waals surface area contributed by atoms with Gasteiger partial charge in [-0.2, -0.15) is 0 Å². The molecular formula is C31H74ClN5O3. The van der Waals surface area contributed by atoms with Gasteiger partial charge in [0.05, 0.1) is 23.5 Å². The highest BCUT2D eigenvalue weighted by Gasteiger charge is 2.25. The van der Waals surface area contributed by atoms with Gasteiger partial charge in [-0.25, -0.2) is 4.58 Å². The molecular weight excluding hydrogens is 526 g/mol. The highest BCUT2D eigenvalue weighted by molar-refractivity contribution is 5.46. The van der Waals surface area contributed by atoms with Crippen molar-refractivity contribution in [3.8, 4) is 0 Å². The predicted octanol–water partition coefficient (Wildman–Crippen LogP) is 2.76. The molecule has 0 aromatic carbocycles. The average molecular weight is 600 g/mol. The monoisotopic (exact) mass is 600 g/mol. The van der Waals surface area contributed by atoms with Gasteiger partial charge in [-0.3, -0.25) is 19.6 Å². The van der Waals surface area contributed by atoms with Crippen molar-refractivity contribution in [3.63, 3.8) is 0 Å². The van der Waals surface area contributed by atoms with Crippen LogP contribution in [0.3, 0.4) is 0 Å². The molecule has 0 saturated heterocycles. The van der Waals surface area contributed by atoms with Gasteiger partial charge in [0.2, 0.25) is 6.41 Å². The van der Waals surface area contributed by atoms with Crippen LogP contribution in [0.1, 0.15) is 95.4 Å². The Bertz CT molecular complexity index is 573. The van der Waals surface area contributed by atoms with Gasteiger partial charge in [-0.05, 0) is 124 Å². The second-order valence-corrected chi connectivity index (χ2v) is 12.4. The SMILES string of the molecule is CC(N(C)C)N(C)C.CC=[N+](C)C.CCC(C)(C)OC(C)N(C)C.CCC(C)OC(OC(C)(C)CC)N(C)C.[Cl-]. The summed E-state index contributed by atoms with van der Waals surface area (Å²) in [7, 11) is 20.3. The Morgan fingerprint density at radius 1 is 0.675 bits per heavy atom. The van der Waals surface area contributed by atoms with Gasteiger partial charge < -0.3 is 26.6 Å². The van der Waals surface area contributed by atoms with Crippen LogP contribution in [0.25, 0.3) is 0 Å². The number of nitrogens with zero attached hydrogens (tertiary/aromatic N) is 5. The van der Waals surface area contributed by atoms with Crippen molar-refractivity contribution in [1.82, 2.24) is 19.6 Å². The maximum Gasteiger partial charge on any atom is 0.218 e. The normalized spacial score (nSPS) is 13.8. The summed E-state index contributed by atoms with van der Waals surface area (Å²) < 4.78 is 19.5. The summed E-state index contributed by atoms with van der Waals surface area (Å²) >= 11 is 0. The lowest BCUT2D eigenvalue weighted by Gasteiger charge is -2.34. The van der Waals surface area contributed by atoms with Gasteiger partial charge in [-0.1, -0.05) is 20.8 Å². The van der Waals surface area contributed by atoms with E-state index in [2.05, 4.69) is 112 Å². The first-order valence-electron chi connectivity index (χ1n) is 14.7. The molecule has 40 heavy (non-hydrogen) atoms. The molecule has 0 fully saturated rings. The third-order valence-corrected chi connectivity index (χ3v) is 6.70. The average Bonchev–Trinajstić information content (AvgIpc) is 2.83. The number of rotatable bonds is 13. The summed E-state index contributed by atoms with van der Waals surface area (Å²) in [5, 5.41) is 0. The zero-order valence-corrected chi connectivity index (χ0v) is 31.6. The molecule has 0 aliphatic carbocycles. The minimum atomic E-state index is -0.255. The number of hydrogen-bond donors (Lipinski definition) is 0. The number of hydrogen-bond acceptors (Lipinski definition) is 7. The number of ether oxygens (including phenoxy) is 3. The Hall–Kier alpha value is -0.320. The van der Waals surface area contributed by atoms with Gasteiger partial charge in [0, 0.05) is 6.92 Å². The van der Waals surface area contributed by atoms with Crippen molar-refractivity contribution in [1.29, 1.82) is 0 Å². The second kappa shape index (κ2) is 26.3. The zero-order chi connectivity index (χ0) is 32.1. The van der Waals surface area contributed by atoms with Gasteiger partial charge in [0.25, 0.3) is 0 Å². The molecule has 0 aromatic heterocycles. The van der Waals surface area contributed by atoms with E-state index in [1.165, 1.54) is 0 Å². The fraction of sp³-hybridized carbons (Fsp3) is 0.968. The van der Waals surface area contributed by atoms with Crippen LogP contribution in [0.5, 0.6) is 0 Å². The quantitative estimate of drug-likeness (QED) is 0.183. The second-order valence-electron chi connectivity index (χ2n) is 12.4. The summed E-state index contributed by atoms with van der Waals surface area (Å²) in [6.07, 6.45) is 5.73. The van der Waals surface area contributed by atoms with E-state index >= 15 is 0 Å². The molecule has 0 N–H and O–H groups in total. The van der Waals surface area contributed by atoms with Crippen LogP contribution < -0.4 is 12.4 Å². The Morgan fingerprint density at radius 3 is 1.23 bits per heavy atom. The lowest BCUT2D eigenvalue weighted by atomic mass is 10.1. The van der Waals surface area contributed by atoms with E-state index in [4.69, 9.17) is 14.2 Å². The highest BCUT2D eigenvalue weighted by Crippen LogP contribution is 2.19.